The molecule has 22 heavy (non-hydrogen) atoms. The number of halogens is 1. The number of rotatable bonds is 6. The lowest BCUT2D eigenvalue weighted by molar-refractivity contribution is 0.197. The molecule has 0 bridgehead atoms. The molecule has 0 aliphatic carbocycles. The van der Waals surface area contributed by atoms with Gasteiger partial charge in [0.15, 0.2) is 5.22 Å². The van der Waals surface area contributed by atoms with Gasteiger partial charge in [0.25, 0.3) is 0 Å². The van der Waals surface area contributed by atoms with E-state index in [0.717, 1.165) is 18.6 Å². The third-order valence-electron chi connectivity index (χ3n) is 4.34. The van der Waals surface area contributed by atoms with Crippen molar-refractivity contribution >= 4 is 21.6 Å². The maximum absolute atomic E-state index is 12.3. The number of hydrogen-bond donors (Lipinski definition) is 1. The van der Waals surface area contributed by atoms with Crippen LogP contribution < -0.4 is 5.32 Å². The molecular formula is C15H25ClN2O3S. The third-order valence-corrected chi connectivity index (χ3v) is 6.79. The Kier molecular flexibility index (Phi) is 5.94. The zero-order chi connectivity index (χ0) is 16.3. The molecule has 2 atom stereocenters. The van der Waals surface area contributed by atoms with Crippen molar-refractivity contribution in [1.82, 2.24) is 9.62 Å². The van der Waals surface area contributed by atoms with E-state index in [1.165, 1.54) is 0 Å². The summed E-state index contributed by atoms with van der Waals surface area (Å²) in [6.45, 7) is 7.36. The topological polar surface area (TPSA) is 62.6 Å². The minimum atomic E-state index is -3.16. The number of nitrogens with zero attached hydrogens (tertiary/aromatic N) is 1. The number of piperidine rings is 1. The number of hydrogen-bond acceptors (Lipinski definition) is 4. The SMILES string of the molecule is CC[C@@H]1CN(S(=O)(=O)C(C)C)CC[C@@H]1NCc1ccc(Cl)o1. The summed E-state index contributed by atoms with van der Waals surface area (Å²) in [5, 5.41) is 3.51. The highest BCUT2D eigenvalue weighted by Gasteiger charge is 2.35. The van der Waals surface area contributed by atoms with Crippen molar-refractivity contribution in [2.45, 2.75) is 51.4 Å². The molecule has 1 aromatic rings. The second-order valence-electron chi connectivity index (χ2n) is 6.10. The van der Waals surface area contributed by atoms with E-state index >= 15 is 0 Å². The van der Waals surface area contributed by atoms with Crippen molar-refractivity contribution in [1.29, 1.82) is 0 Å². The maximum Gasteiger partial charge on any atom is 0.216 e. The summed E-state index contributed by atoms with van der Waals surface area (Å²) < 4.78 is 31.6. The van der Waals surface area contributed by atoms with Crippen molar-refractivity contribution in [3.8, 4) is 0 Å². The first kappa shape index (κ1) is 17.8. The van der Waals surface area contributed by atoms with Gasteiger partial charge in [-0.05, 0) is 49.9 Å². The molecular weight excluding hydrogens is 324 g/mol. The summed E-state index contributed by atoms with van der Waals surface area (Å²) in [6, 6.07) is 3.88. The quantitative estimate of drug-likeness (QED) is 0.858. The molecule has 7 heteroatoms. The molecule has 0 amide bonds. The summed E-state index contributed by atoms with van der Waals surface area (Å²) >= 11 is 5.77. The highest BCUT2D eigenvalue weighted by Crippen LogP contribution is 2.24. The number of furan rings is 1. The zero-order valence-electron chi connectivity index (χ0n) is 13.4. The van der Waals surface area contributed by atoms with Crippen LogP contribution in [0, 0.1) is 5.92 Å². The molecule has 0 unspecified atom stereocenters. The van der Waals surface area contributed by atoms with Gasteiger partial charge >= 0.3 is 0 Å². The van der Waals surface area contributed by atoms with Crippen LogP contribution in [0.25, 0.3) is 0 Å². The van der Waals surface area contributed by atoms with Crippen molar-refractivity contribution in [2.75, 3.05) is 13.1 Å². The van der Waals surface area contributed by atoms with Gasteiger partial charge in [-0.3, -0.25) is 0 Å². The molecule has 0 spiro atoms. The number of nitrogens with one attached hydrogen (secondary N) is 1. The minimum absolute atomic E-state index is 0.299. The van der Waals surface area contributed by atoms with Crippen LogP contribution >= 0.6 is 11.6 Å². The first-order valence-corrected chi connectivity index (χ1v) is 9.69. The molecule has 1 aromatic heterocycles. The normalized spacial score (nSPS) is 24.0. The fourth-order valence-electron chi connectivity index (χ4n) is 2.89. The van der Waals surface area contributed by atoms with Crippen molar-refractivity contribution in [3.05, 3.63) is 23.1 Å². The van der Waals surface area contributed by atoms with Crippen LogP contribution in [0.1, 0.15) is 39.4 Å². The van der Waals surface area contributed by atoms with Crippen LogP contribution in [0.15, 0.2) is 16.5 Å². The summed E-state index contributed by atoms with van der Waals surface area (Å²) in [5.74, 6) is 1.12. The Hall–Kier alpha value is -0.560. The van der Waals surface area contributed by atoms with E-state index in [0.29, 0.717) is 36.8 Å². The molecule has 0 saturated carbocycles. The van der Waals surface area contributed by atoms with E-state index in [1.807, 2.05) is 6.07 Å². The third kappa shape index (κ3) is 4.04. The second kappa shape index (κ2) is 7.34. The molecule has 1 saturated heterocycles. The van der Waals surface area contributed by atoms with Crippen LogP contribution in [0.4, 0.5) is 0 Å². The molecule has 1 N–H and O–H groups in total. The number of sulfonamides is 1. The van der Waals surface area contributed by atoms with E-state index < -0.39 is 10.0 Å². The van der Waals surface area contributed by atoms with Crippen LogP contribution in [-0.4, -0.2) is 37.1 Å². The van der Waals surface area contributed by atoms with Crippen LogP contribution in [0.2, 0.25) is 5.22 Å². The molecule has 0 aromatic carbocycles. The summed E-state index contributed by atoms with van der Waals surface area (Å²) in [4.78, 5) is 0. The van der Waals surface area contributed by atoms with Gasteiger partial charge in [0.05, 0.1) is 11.8 Å². The summed E-state index contributed by atoms with van der Waals surface area (Å²) in [6.07, 6.45) is 1.76. The fourth-order valence-corrected chi connectivity index (χ4v) is 4.41. The van der Waals surface area contributed by atoms with Gasteiger partial charge in [0.1, 0.15) is 5.76 Å². The lowest BCUT2D eigenvalue weighted by Gasteiger charge is -2.38. The molecule has 1 aliphatic heterocycles. The lowest BCUT2D eigenvalue weighted by Crippen LogP contribution is -2.51. The van der Waals surface area contributed by atoms with E-state index in [4.69, 9.17) is 16.0 Å². The molecule has 1 aliphatic rings. The molecule has 5 nitrogen and oxygen atoms in total. The Morgan fingerprint density at radius 2 is 2.18 bits per heavy atom. The monoisotopic (exact) mass is 348 g/mol. The summed E-state index contributed by atoms with van der Waals surface area (Å²) in [7, 11) is -3.16. The molecule has 2 heterocycles. The molecule has 2 rings (SSSR count). The van der Waals surface area contributed by atoms with Crippen molar-refractivity contribution in [2.24, 2.45) is 5.92 Å². The van der Waals surface area contributed by atoms with Crippen LogP contribution in [-0.2, 0) is 16.6 Å². The average molecular weight is 349 g/mol. The van der Waals surface area contributed by atoms with Gasteiger partial charge < -0.3 is 9.73 Å². The smallest absolute Gasteiger partial charge is 0.216 e. The van der Waals surface area contributed by atoms with Crippen molar-refractivity contribution < 1.29 is 12.8 Å². The van der Waals surface area contributed by atoms with Crippen LogP contribution in [0.3, 0.4) is 0 Å². The van der Waals surface area contributed by atoms with E-state index in [-0.39, 0.29) is 5.25 Å². The summed E-state index contributed by atoms with van der Waals surface area (Å²) in [5.41, 5.74) is 0. The highest BCUT2D eigenvalue weighted by molar-refractivity contribution is 7.89. The van der Waals surface area contributed by atoms with E-state index in [9.17, 15) is 8.42 Å². The second-order valence-corrected chi connectivity index (χ2v) is 8.96. The standard InChI is InChI=1S/C15H25ClN2O3S/c1-4-12-10-18(22(19,20)11(2)3)8-7-14(12)17-9-13-5-6-15(16)21-13/h5-6,11-12,14,17H,4,7-10H2,1-3H3/t12-,14+/m1/s1. The molecule has 1 fully saturated rings. The highest BCUT2D eigenvalue weighted by atomic mass is 35.5. The van der Waals surface area contributed by atoms with Gasteiger partial charge in [0, 0.05) is 19.1 Å². The Labute approximate surface area is 138 Å². The van der Waals surface area contributed by atoms with Gasteiger partial charge in [-0.25, -0.2) is 12.7 Å². The first-order valence-electron chi connectivity index (χ1n) is 7.81. The van der Waals surface area contributed by atoms with E-state index in [1.54, 1.807) is 24.2 Å². The molecule has 0 radical (unpaired) electrons. The van der Waals surface area contributed by atoms with Gasteiger partial charge in [-0.15, -0.1) is 0 Å². The predicted molar refractivity (Wildman–Crippen MR) is 88.4 cm³/mol. The fraction of sp³-hybridized carbons (Fsp3) is 0.733. The van der Waals surface area contributed by atoms with Gasteiger partial charge in [-0.1, -0.05) is 13.3 Å². The van der Waals surface area contributed by atoms with Crippen molar-refractivity contribution in [3.63, 3.8) is 0 Å². The average Bonchev–Trinajstić information content (AvgIpc) is 2.90. The largest absolute Gasteiger partial charge is 0.448 e. The Morgan fingerprint density at radius 1 is 1.45 bits per heavy atom. The maximum atomic E-state index is 12.3. The first-order chi connectivity index (χ1) is 10.3. The van der Waals surface area contributed by atoms with Gasteiger partial charge in [-0.2, -0.15) is 0 Å². The van der Waals surface area contributed by atoms with E-state index in [2.05, 4.69) is 12.2 Å². The molecule has 126 valence electrons. The van der Waals surface area contributed by atoms with Crippen LogP contribution in [0.5, 0.6) is 0 Å². The Morgan fingerprint density at radius 3 is 2.73 bits per heavy atom. The lowest BCUT2D eigenvalue weighted by atomic mass is 9.91. The minimum Gasteiger partial charge on any atom is -0.448 e. The Balaban J connectivity index is 1.95. The Bertz CT molecular complexity index is 585. The zero-order valence-corrected chi connectivity index (χ0v) is 15.0. The predicted octanol–water partition coefficient (Wildman–Crippen LogP) is 2.86. The van der Waals surface area contributed by atoms with Gasteiger partial charge in [0.2, 0.25) is 10.0 Å².